The number of anilines is 3. The molecule has 3 aliphatic heterocycles. The maximum atomic E-state index is 16.2. The summed E-state index contributed by atoms with van der Waals surface area (Å²) in [6.07, 6.45) is 0.123. The van der Waals surface area contributed by atoms with Crippen LogP contribution in [0.25, 0.3) is 0 Å². The van der Waals surface area contributed by atoms with Crippen LogP contribution in [0.5, 0.6) is 5.75 Å². The van der Waals surface area contributed by atoms with Crippen molar-refractivity contribution in [1.82, 2.24) is 21.3 Å². The first-order valence-corrected chi connectivity index (χ1v) is 29.5. The number of amides is 7. The summed E-state index contributed by atoms with van der Waals surface area (Å²) in [7, 11) is 4.30. The fourth-order valence-electron chi connectivity index (χ4n) is 10.0. The number of nitrogens with zero attached hydrogens (tertiary/aromatic N) is 1. The first-order valence-electron chi connectivity index (χ1n) is 27.6. The first kappa shape index (κ1) is 69.4. The van der Waals surface area contributed by atoms with E-state index in [1.807, 2.05) is 6.92 Å². The Bertz CT molecular complexity index is 2900. The van der Waals surface area contributed by atoms with Crippen LogP contribution in [-0.4, -0.2) is 146 Å². The number of alkyl halides is 1. The molecule has 27 heteroatoms. The van der Waals surface area contributed by atoms with Crippen LogP contribution >= 0.6 is 39.1 Å². The molecule has 0 saturated carbocycles. The maximum absolute atomic E-state index is 16.2. The molecule has 1 unspecified atom stereocenters. The largest absolute Gasteiger partial charge is 0.495 e. The van der Waals surface area contributed by atoms with Gasteiger partial charge in [-0.15, -0.1) is 0 Å². The Hall–Kier alpha value is -6.35. The number of rotatable bonds is 23. The summed E-state index contributed by atoms with van der Waals surface area (Å²) in [6, 6.07) is 1.25. The molecule has 2 fully saturated rings. The van der Waals surface area contributed by atoms with Crippen LogP contribution in [0.15, 0.2) is 60.2 Å². The number of nitrogens with two attached hydrogens (primary N) is 1. The average Bonchev–Trinajstić information content (AvgIpc) is 3.54. The van der Waals surface area contributed by atoms with Gasteiger partial charge < -0.3 is 64.9 Å². The highest BCUT2D eigenvalue weighted by Crippen LogP contribution is 2.49. The summed E-state index contributed by atoms with van der Waals surface area (Å²) >= 11 is 16.6. The predicted octanol–water partition coefficient (Wildman–Crippen LogP) is 7.66. The summed E-state index contributed by atoms with van der Waals surface area (Å²) in [5, 5.41) is 27.5. The Morgan fingerprint density at radius 3 is 2.41 bits per heavy atom. The van der Waals surface area contributed by atoms with E-state index in [1.54, 1.807) is 71.9 Å². The van der Waals surface area contributed by atoms with E-state index in [9.17, 15) is 43.5 Å². The number of alkyl carbamates (subject to hydrolysis) is 1. The highest BCUT2D eigenvalue weighted by Gasteiger charge is 2.64. The predicted molar refractivity (Wildman–Crippen MR) is 320 cm³/mol. The molecule has 3 heterocycles. The van der Waals surface area contributed by atoms with E-state index in [-0.39, 0.29) is 70.3 Å². The van der Waals surface area contributed by atoms with Gasteiger partial charge in [-0.05, 0) is 95.9 Å². The summed E-state index contributed by atoms with van der Waals surface area (Å²) in [6.45, 7) is 15.8. The van der Waals surface area contributed by atoms with Gasteiger partial charge in [0.25, 0.3) is 0 Å². The maximum Gasteiger partial charge on any atom is 0.412 e. The number of halogens is 4. The van der Waals surface area contributed by atoms with E-state index in [1.165, 1.54) is 26.2 Å². The lowest BCUT2D eigenvalue weighted by atomic mass is 9.83. The fraction of sp³-hybridized carbons (Fsp3) is 0.552. The van der Waals surface area contributed by atoms with E-state index in [0.29, 0.717) is 31.1 Å². The molecule has 0 radical (unpaired) electrons. The van der Waals surface area contributed by atoms with Gasteiger partial charge in [-0.1, -0.05) is 90.3 Å². The number of urea groups is 1. The van der Waals surface area contributed by atoms with E-state index in [4.69, 9.17) is 57.4 Å². The van der Waals surface area contributed by atoms with Gasteiger partial charge >= 0.3 is 24.2 Å². The topological polar surface area (TPSA) is 317 Å². The number of hydrogen-bond donors (Lipinski definition) is 8. The first-order chi connectivity index (χ1) is 39.9. The Morgan fingerprint density at radius 2 is 1.78 bits per heavy atom. The minimum atomic E-state index is -1.94. The molecule has 23 nitrogen and oxygen atoms in total. The number of benzene rings is 2. The van der Waals surface area contributed by atoms with Crippen LogP contribution in [0.4, 0.5) is 35.8 Å². The number of carbonyl (C=O) groups excluding carboxylic acids is 8. The molecular formula is C58H78BrCl2FN8O15. The highest BCUT2D eigenvalue weighted by molar-refractivity contribution is 9.09. The lowest BCUT2D eigenvalue weighted by Crippen LogP contribution is -2.63. The van der Waals surface area contributed by atoms with Gasteiger partial charge in [0.05, 0.1) is 53.8 Å². The molecule has 9 N–H and O–H groups in total. The van der Waals surface area contributed by atoms with Crippen molar-refractivity contribution in [2.75, 3.05) is 48.7 Å². The highest BCUT2D eigenvalue weighted by atomic mass is 79.9. The number of aliphatic hydroxyl groups is 1. The third-order valence-electron chi connectivity index (χ3n) is 15.0. The van der Waals surface area contributed by atoms with Gasteiger partial charge in [0, 0.05) is 50.0 Å². The summed E-state index contributed by atoms with van der Waals surface area (Å²) in [5.41, 5.74) is 2.28. The second-order valence-corrected chi connectivity index (χ2v) is 23.9. The number of nitrogens with one attached hydrogen (secondary N) is 6. The van der Waals surface area contributed by atoms with Crippen LogP contribution < -0.4 is 47.3 Å². The number of epoxide rings is 1. The van der Waals surface area contributed by atoms with Crippen molar-refractivity contribution in [2.45, 2.75) is 159 Å². The number of esters is 1. The zero-order valence-electron chi connectivity index (χ0n) is 49.3. The Morgan fingerprint density at radius 1 is 1.07 bits per heavy atom. The SMILES string of the molecule is C=C(CBr)C(=O)OC(C)(C)CCCC(C=O)N[C@H](C(=O)N[C@@H](CCCNC(N)=O)C(=O)Nc1cc(Cl)c(NC(=O)O[C@H]2CC(=O)N(C)c3cc(cc(OC)c3Cl)C/C(C)=C/C=C/[C@@H](OC)[C@@]3(O)C[C@H](OC(=O)N3)[C@@H](C)[C@@H]3O[C@@]23C)cc1F)C(C)C. The number of allylic oxidation sites excluding steroid dienone is 3. The van der Waals surface area contributed by atoms with Gasteiger partial charge in [-0.2, -0.15) is 0 Å². The lowest BCUT2D eigenvalue weighted by molar-refractivity contribution is -0.152. The number of ether oxygens (including phenoxy) is 6. The quantitative estimate of drug-likeness (QED) is 0.0101. The summed E-state index contributed by atoms with van der Waals surface area (Å²) in [4.78, 5) is 107. The number of hydrogen-bond acceptors (Lipinski definition) is 16. The zero-order chi connectivity index (χ0) is 63.3. The van der Waals surface area contributed by atoms with Crippen LogP contribution in [0.1, 0.15) is 99.0 Å². The molecule has 5 rings (SSSR count). The van der Waals surface area contributed by atoms with E-state index < -0.39 is 131 Å². The third kappa shape index (κ3) is 18.8. The van der Waals surface area contributed by atoms with Crippen molar-refractivity contribution < 1.29 is 76.3 Å². The molecule has 0 aliphatic carbocycles. The van der Waals surface area contributed by atoms with Crippen LogP contribution in [0.2, 0.25) is 10.0 Å². The number of fused-ring (bicyclic) bond motifs is 5. The minimum Gasteiger partial charge on any atom is -0.495 e. The van der Waals surface area contributed by atoms with Gasteiger partial charge in [-0.3, -0.25) is 30.3 Å². The van der Waals surface area contributed by atoms with Crippen molar-refractivity contribution in [2.24, 2.45) is 17.6 Å². The van der Waals surface area contributed by atoms with Crippen molar-refractivity contribution in [1.29, 1.82) is 0 Å². The number of primary amides is 1. The van der Waals surface area contributed by atoms with Gasteiger partial charge in [0.2, 0.25) is 17.7 Å². The van der Waals surface area contributed by atoms with Gasteiger partial charge in [-0.25, -0.2) is 23.6 Å². The van der Waals surface area contributed by atoms with E-state index in [0.717, 1.165) is 17.7 Å². The average molecular weight is 1300 g/mol. The van der Waals surface area contributed by atoms with Crippen LogP contribution in [0, 0.1) is 17.7 Å². The number of aldehydes is 1. The summed E-state index contributed by atoms with van der Waals surface area (Å²) in [5.74, 6) is -4.64. The normalized spacial score (nSPS) is 24.5. The van der Waals surface area contributed by atoms with Crippen molar-refractivity contribution in [3.63, 3.8) is 0 Å². The minimum absolute atomic E-state index is 0.0116. The molecule has 2 saturated heterocycles. The summed E-state index contributed by atoms with van der Waals surface area (Å²) < 4.78 is 50.9. The molecule has 85 heavy (non-hydrogen) atoms. The fourth-order valence-corrected chi connectivity index (χ4v) is 10.8. The number of carbonyl (C=O) groups is 8. The van der Waals surface area contributed by atoms with Crippen molar-refractivity contribution >= 4 is 104 Å². The van der Waals surface area contributed by atoms with Gasteiger partial charge in [0.1, 0.15) is 58.4 Å². The Labute approximate surface area is 512 Å². The smallest absolute Gasteiger partial charge is 0.412 e. The van der Waals surface area contributed by atoms with Gasteiger partial charge in [0.15, 0.2) is 5.72 Å². The molecule has 7 amide bonds. The van der Waals surface area contributed by atoms with Crippen LogP contribution in [0.3, 0.4) is 0 Å². The monoisotopic (exact) mass is 1290 g/mol. The second-order valence-electron chi connectivity index (χ2n) is 22.5. The molecule has 2 aromatic carbocycles. The third-order valence-corrected chi connectivity index (χ3v) is 16.3. The standard InChI is InChI=1S/C58H78BrCl2FN8O15/c1-30(2)48(65-35(29-71)16-13-19-56(6,7)85-52(75)32(4)28-59)51(74)66-38(17-14-20-64-53(63)76)50(73)67-40-24-36(60)39(25-37(40)62)68-54(77)83-45-26-46(72)70(9)41-22-34(23-42(80-10)47(41)61)21-31(3)15-12-18-44(81-11)58(79)27-43(82-55(78)69-58)33(5)49-57(45,8)84-49/h12,15,18,22-25,29-30,33,35,38,43-45,48-49,65,79H,4,13-14,16-17,19-21,26-28H2,1-3,5-11H3,(H,66,74)(H,67,73)(H,68,77)(H,69,78)(H3,63,64,76)/b18-12+,31-15+/t33-,35?,38+,43+,44-,45+,48+,49+,57+,58+/m1/s1. The Balaban J connectivity index is 1.37. The number of methoxy groups -OCH3 is 2. The van der Waals surface area contributed by atoms with E-state index in [2.05, 4.69) is 54.4 Å². The molecule has 4 bridgehead atoms. The van der Waals surface area contributed by atoms with Crippen molar-refractivity contribution in [3.05, 3.63) is 81.6 Å². The lowest BCUT2D eigenvalue weighted by Gasteiger charge is -2.42. The van der Waals surface area contributed by atoms with Crippen LogP contribution in [-0.2, 0) is 54.1 Å². The molecule has 468 valence electrons. The zero-order valence-corrected chi connectivity index (χ0v) is 52.4. The molecule has 2 aromatic rings. The molecule has 0 spiro atoms. The molecule has 0 aromatic heterocycles. The molecule has 10 atom stereocenters. The molecular weight excluding hydrogens is 1220 g/mol. The van der Waals surface area contributed by atoms with Crippen molar-refractivity contribution in [3.8, 4) is 5.75 Å². The Kier molecular flexibility index (Phi) is 24.8. The van der Waals surface area contributed by atoms with E-state index >= 15 is 4.39 Å². The molecule has 3 aliphatic rings. The second kappa shape index (κ2) is 30.3.